The molecule has 0 amide bonds. The second-order valence-corrected chi connectivity index (χ2v) is 4.31. The fourth-order valence-electron chi connectivity index (χ4n) is 2.22. The molecular weight excluding hydrogens is 200 g/mol. The Hall–Kier alpha value is -1.55. The largest absolute Gasteiger partial charge is 0.383 e. The molecule has 3 rings (SSSR count). The van der Waals surface area contributed by atoms with E-state index in [4.69, 9.17) is 0 Å². The Kier molecular flexibility index (Phi) is 2.50. The summed E-state index contributed by atoms with van der Waals surface area (Å²) in [4.78, 5) is 7.32. The Labute approximate surface area is 94.5 Å². The Morgan fingerprint density at radius 2 is 2.44 bits per heavy atom. The lowest BCUT2D eigenvalue weighted by atomic mass is 10.2. The number of hydrogen-bond donors (Lipinski definition) is 3. The van der Waals surface area contributed by atoms with Crippen molar-refractivity contribution in [2.24, 2.45) is 0 Å². The highest BCUT2D eigenvalue weighted by Gasteiger charge is 2.13. The highest BCUT2D eigenvalue weighted by Crippen LogP contribution is 2.16. The number of imidazole rings is 1. The van der Waals surface area contributed by atoms with Crippen LogP contribution in [0.15, 0.2) is 24.5 Å². The van der Waals surface area contributed by atoms with Gasteiger partial charge in [-0.05, 0) is 37.6 Å². The Morgan fingerprint density at radius 3 is 3.31 bits per heavy atom. The first-order valence-electron chi connectivity index (χ1n) is 5.82. The molecule has 4 heteroatoms. The van der Waals surface area contributed by atoms with Gasteiger partial charge in [0.25, 0.3) is 0 Å². The van der Waals surface area contributed by atoms with E-state index in [2.05, 4.69) is 32.7 Å². The molecule has 2 heterocycles. The Bertz CT molecular complexity index is 471. The zero-order valence-corrected chi connectivity index (χ0v) is 9.16. The third-order valence-electron chi connectivity index (χ3n) is 3.14. The summed E-state index contributed by atoms with van der Waals surface area (Å²) < 4.78 is 0. The number of hydrogen-bond acceptors (Lipinski definition) is 3. The molecule has 1 aromatic carbocycles. The fraction of sp³-hybridized carbons (Fsp3) is 0.417. The van der Waals surface area contributed by atoms with Crippen molar-refractivity contribution in [1.29, 1.82) is 0 Å². The SMILES string of the molecule is c1nc2ccc(NCC3CCCN3)cc2[nH]1. The molecule has 1 unspecified atom stereocenters. The van der Waals surface area contributed by atoms with Crippen LogP contribution in [-0.4, -0.2) is 29.1 Å². The molecule has 1 aromatic heterocycles. The molecule has 0 radical (unpaired) electrons. The number of H-pyrrole nitrogens is 1. The van der Waals surface area contributed by atoms with Crippen LogP contribution in [0.1, 0.15) is 12.8 Å². The van der Waals surface area contributed by atoms with Gasteiger partial charge in [0, 0.05) is 18.3 Å². The van der Waals surface area contributed by atoms with Crippen LogP contribution in [0.4, 0.5) is 5.69 Å². The van der Waals surface area contributed by atoms with Crippen LogP contribution < -0.4 is 10.6 Å². The van der Waals surface area contributed by atoms with E-state index in [1.165, 1.54) is 12.8 Å². The van der Waals surface area contributed by atoms with E-state index < -0.39 is 0 Å². The van der Waals surface area contributed by atoms with E-state index in [0.29, 0.717) is 6.04 Å². The van der Waals surface area contributed by atoms with Crippen LogP contribution >= 0.6 is 0 Å². The Morgan fingerprint density at radius 1 is 1.44 bits per heavy atom. The van der Waals surface area contributed by atoms with Crippen molar-refractivity contribution in [1.82, 2.24) is 15.3 Å². The number of nitrogens with zero attached hydrogens (tertiary/aromatic N) is 1. The summed E-state index contributed by atoms with van der Waals surface area (Å²) in [6.45, 7) is 2.16. The number of fused-ring (bicyclic) bond motifs is 1. The number of anilines is 1. The summed E-state index contributed by atoms with van der Waals surface area (Å²) in [5.41, 5.74) is 3.26. The monoisotopic (exact) mass is 216 g/mol. The van der Waals surface area contributed by atoms with Crippen molar-refractivity contribution in [2.75, 3.05) is 18.4 Å². The van der Waals surface area contributed by atoms with Crippen LogP contribution in [0.3, 0.4) is 0 Å². The van der Waals surface area contributed by atoms with Crippen LogP contribution in [0.2, 0.25) is 0 Å². The van der Waals surface area contributed by atoms with Gasteiger partial charge in [0.05, 0.1) is 17.4 Å². The molecule has 1 fully saturated rings. The molecule has 16 heavy (non-hydrogen) atoms. The van der Waals surface area contributed by atoms with Gasteiger partial charge < -0.3 is 15.6 Å². The van der Waals surface area contributed by atoms with Crippen molar-refractivity contribution < 1.29 is 0 Å². The standard InChI is InChI=1S/C12H16N4/c1-2-10(13-5-1)7-14-9-3-4-11-12(6-9)16-8-15-11/h3-4,6,8,10,13-14H,1-2,5,7H2,(H,15,16). The zero-order valence-electron chi connectivity index (χ0n) is 9.16. The number of benzene rings is 1. The van der Waals surface area contributed by atoms with Crippen LogP contribution in [0.25, 0.3) is 11.0 Å². The minimum atomic E-state index is 0.623. The molecule has 2 aromatic rings. The summed E-state index contributed by atoms with van der Waals surface area (Å²) in [6.07, 6.45) is 4.30. The van der Waals surface area contributed by atoms with E-state index >= 15 is 0 Å². The maximum absolute atomic E-state index is 4.20. The van der Waals surface area contributed by atoms with Crippen molar-refractivity contribution in [3.8, 4) is 0 Å². The molecule has 1 atom stereocenters. The van der Waals surface area contributed by atoms with Gasteiger partial charge in [-0.15, -0.1) is 0 Å². The van der Waals surface area contributed by atoms with Gasteiger partial charge >= 0.3 is 0 Å². The van der Waals surface area contributed by atoms with Crippen molar-refractivity contribution >= 4 is 16.7 Å². The number of aromatic amines is 1. The summed E-state index contributed by atoms with van der Waals surface area (Å²) >= 11 is 0. The fourth-order valence-corrected chi connectivity index (χ4v) is 2.22. The summed E-state index contributed by atoms with van der Waals surface area (Å²) in [6, 6.07) is 6.85. The lowest BCUT2D eigenvalue weighted by Gasteiger charge is -2.12. The van der Waals surface area contributed by atoms with E-state index in [-0.39, 0.29) is 0 Å². The first-order chi connectivity index (χ1) is 7.92. The molecule has 0 bridgehead atoms. The molecular formula is C12H16N4. The van der Waals surface area contributed by atoms with E-state index in [0.717, 1.165) is 29.8 Å². The first kappa shape index (κ1) is 9.66. The third-order valence-corrected chi connectivity index (χ3v) is 3.14. The summed E-state index contributed by atoms with van der Waals surface area (Å²) in [5.74, 6) is 0. The third kappa shape index (κ3) is 1.88. The van der Waals surface area contributed by atoms with Crippen molar-refractivity contribution in [2.45, 2.75) is 18.9 Å². The van der Waals surface area contributed by atoms with Crippen molar-refractivity contribution in [3.63, 3.8) is 0 Å². The van der Waals surface area contributed by atoms with Crippen LogP contribution in [0.5, 0.6) is 0 Å². The van der Waals surface area contributed by atoms with Gasteiger partial charge in [-0.2, -0.15) is 0 Å². The first-order valence-corrected chi connectivity index (χ1v) is 5.82. The molecule has 0 saturated carbocycles. The molecule has 1 aliphatic heterocycles. The number of aromatic nitrogens is 2. The second kappa shape index (κ2) is 4.14. The lowest BCUT2D eigenvalue weighted by molar-refractivity contribution is 0.633. The molecule has 0 spiro atoms. The topological polar surface area (TPSA) is 52.7 Å². The second-order valence-electron chi connectivity index (χ2n) is 4.31. The van der Waals surface area contributed by atoms with Gasteiger partial charge in [0.15, 0.2) is 0 Å². The van der Waals surface area contributed by atoms with Gasteiger partial charge in [0.2, 0.25) is 0 Å². The minimum Gasteiger partial charge on any atom is -0.383 e. The lowest BCUT2D eigenvalue weighted by Crippen LogP contribution is -2.29. The predicted octanol–water partition coefficient (Wildman–Crippen LogP) is 1.73. The zero-order chi connectivity index (χ0) is 10.8. The minimum absolute atomic E-state index is 0.623. The average Bonchev–Trinajstić information content (AvgIpc) is 2.97. The maximum Gasteiger partial charge on any atom is 0.0931 e. The van der Waals surface area contributed by atoms with Crippen LogP contribution in [-0.2, 0) is 0 Å². The van der Waals surface area contributed by atoms with Gasteiger partial charge in [-0.1, -0.05) is 0 Å². The maximum atomic E-state index is 4.20. The molecule has 84 valence electrons. The predicted molar refractivity (Wildman–Crippen MR) is 65.6 cm³/mol. The van der Waals surface area contributed by atoms with E-state index in [1.54, 1.807) is 6.33 Å². The van der Waals surface area contributed by atoms with E-state index in [1.807, 2.05) is 6.07 Å². The molecule has 1 aliphatic rings. The quantitative estimate of drug-likeness (QED) is 0.732. The number of nitrogens with one attached hydrogen (secondary N) is 3. The highest BCUT2D eigenvalue weighted by atomic mass is 15.0. The van der Waals surface area contributed by atoms with Gasteiger partial charge in [-0.25, -0.2) is 4.98 Å². The highest BCUT2D eigenvalue weighted by molar-refractivity contribution is 5.78. The van der Waals surface area contributed by atoms with Gasteiger partial charge in [0.1, 0.15) is 0 Å². The molecule has 1 saturated heterocycles. The Balaban J connectivity index is 1.68. The average molecular weight is 216 g/mol. The van der Waals surface area contributed by atoms with Gasteiger partial charge in [-0.3, -0.25) is 0 Å². The summed E-state index contributed by atoms with van der Waals surface area (Å²) in [5, 5.41) is 6.93. The van der Waals surface area contributed by atoms with Crippen LogP contribution in [0, 0.1) is 0 Å². The molecule has 0 aliphatic carbocycles. The van der Waals surface area contributed by atoms with Crippen molar-refractivity contribution in [3.05, 3.63) is 24.5 Å². The molecule has 3 N–H and O–H groups in total. The summed E-state index contributed by atoms with van der Waals surface area (Å²) in [7, 11) is 0. The normalized spacial score (nSPS) is 20.4. The van der Waals surface area contributed by atoms with E-state index in [9.17, 15) is 0 Å². The molecule has 4 nitrogen and oxygen atoms in total. The number of rotatable bonds is 3. The smallest absolute Gasteiger partial charge is 0.0931 e.